The molecule has 0 unspecified atom stereocenters. The number of H-pyrrole nitrogens is 1. The zero-order valence-corrected chi connectivity index (χ0v) is 16.9. The Balaban J connectivity index is 1.54. The lowest BCUT2D eigenvalue weighted by Crippen LogP contribution is -2.01. The molecule has 4 heterocycles. The number of imidazole rings is 1. The Hall–Kier alpha value is -4.44. The number of anilines is 1. The van der Waals surface area contributed by atoms with Crippen molar-refractivity contribution in [1.82, 2.24) is 29.5 Å². The van der Waals surface area contributed by atoms with Crippen LogP contribution in [0.4, 0.5) is 5.69 Å². The highest BCUT2D eigenvalue weighted by Gasteiger charge is 2.16. The van der Waals surface area contributed by atoms with Crippen molar-refractivity contribution in [2.75, 3.05) is 5.32 Å². The van der Waals surface area contributed by atoms with E-state index < -0.39 is 0 Å². The molecule has 0 spiro atoms. The molecule has 0 saturated heterocycles. The average molecular weight is 405 g/mol. The van der Waals surface area contributed by atoms with Crippen LogP contribution in [-0.4, -0.2) is 29.5 Å². The Kier molecular flexibility index (Phi) is 4.65. The van der Waals surface area contributed by atoms with Crippen molar-refractivity contribution in [2.24, 2.45) is 0 Å². The summed E-state index contributed by atoms with van der Waals surface area (Å²) in [6.07, 6.45) is 8.96. The van der Waals surface area contributed by atoms with Crippen LogP contribution in [0.2, 0.25) is 0 Å². The number of nitrogens with zero attached hydrogens (tertiary/aromatic N) is 5. The van der Waals surface area contributed by atoms with Crippen LogP contribution in [0, 0.1) is 19.3 Å². The number of aryl methyl sites for hydroxylation is 1. The molecule has 5 aromatic rings. The lowest BCUT2D eigenvalue weighted by Gasteiger charge is -2.04. The van der Waals surface area contributed by atoms with Gasteiger partial charge in [0.25, 0.3) is 0 Å². The highest BCUT2D eigenvalue weighted by atomic mass is 15.3. The van der Waals surface area contributed by atoms with E-state index in [0.29, 0.717) is 6.54 Å². The lowest BCUT2D eigenvalue weighted by molar-refractivity contribution is 0.960. The maximum absolute atomic E-state index is 5.51. The van der Waals surface area contributed by atoms with E-state index in [9.17, 15) is 0 Å². The number of aromatic amines is 1. The smallest absolute Gasteiger partial charge is 0.155 e. The van der Waals surface area contributed by atoms with E-state index in [-0.39, 0.29) is 0 Å². The normalized spacial score (nSPS) is 10.8. The molecule has 1 aromatic carbocycles. The third-order valence-electron chi connectivity index (χ3n) is 4.93. The molecule has 0 saturated carbocycles. The molecule has 7 nitrogen and oxygen atoms in total. The van der Waals surface area contributed by atoms with Gasteiger partial charge in [0.1, 0.15) is 12.2 Å². The molecule has 0 aliphatic heterocycles. The average Bonchev–Trinajstić information content (AvgIpc) is 3.44. The Bertz CT molecular complexity index is 1420. The summed E-state index contributed by atoms with van der Waals surface area (Å²) in [6.45, 7) is 2.49. The van der Waals surface area contributed by atoms with E-state index in [1.807, 2.05) is 67.7 Å². The van der Waals surface area contributed by atoms with Gasteiger partial charge >= 0.3 is 0 Å². The van der Waals surface area contributed by atoms with Gasteiger partial charge in [-0.25, -0.2) is 14.5 Å². The third-order valence-corrected chi connectivity index (χ3v) is 4.93. The van der Waals surface area contributed by atoms with Gasteiger partial charge < -0.3 is 10.3 Å². The SMILES string of the molecule is C#Cc1cccc(NCc2nc(-c3ccc4ncnn4c3)c(-c3cccc(C)n3)[nH]2)c1. The zero-order chi connectivity index (χ0) is 21.2. The summed E-state index contributed by atoms with van der Waals surface area (Å²) < 4.78 is 1.74. The molecule has 5 rings (SSSR count). The van der Waals surface area contributed by atoms with Crippen molar-refractivity contribution in [3.05, 3.63) is 84.2 Å². The minimum atomic E-state index is 0.512. The lowest BCUT2D eigenvalue weighted by atomic mass is 10.1. The molecule has 0 aliphatic rings. The summed E-state index contributed by atoms with van der Waals surface area (Å²) in [5, 5.41) is 7.62. The quantitative estimate of drug-likeness (QED) is 0.431. The number of hydrogen-bond acceptors (Lipinski definition) is 5. The number of fused-ring (bicyclic) bond motifs is 1. The molecule has 7 heteroatoms. The molecule has 150 valence electrons. The van der Waals surface area contributed by atoms with E-state index in [4.69, 9.17) is 11.4 Å². The van der Waals surface area contributed by atoms with Gasteiger partial charge in [-0.1, -0.05) is 18.1 Å². The van der Waals surface area contributed by atoms with Gasteiger partial charge in [-0.15, -0.1) is 6.42 Å². The van der Waals surface area contributed by atoms with E-state index in [0.717, 1.165) is 51.1 Å². The topological polar surface area (TPSA) is 83.8 Å². The molecular formula is C24H19N7. The van der Waals surface area contributed by atoms with Crippen LogP contribution in [0.15, 0.2) is 67.1 Å². The van der Waals surface area contributed by atoms with Crippen molar-refractivity contribution in [1.29, 1.82) is 0 Å². The Morgan fingerprint density at radius 3 is 2.87 bits per heavy atom. The van der Waals surface area contributed by atoms with E-state index >= 15 is 0 Å². The highest BCUT2D eigenvalue weighted by Crippen LogP contribution is 2.29. The molecule has 0 radical (unpaired) electrons. The Morgan fingerprint density at radius 2 is 2.00 bits per heavy atom. The Morgan fingerprint density at radius 1 is 1.10 bits per heavy atom. The number of hydrogen-bond donors (Lipinski definition) is 2. The maximum atomic E-state index is 5.51. The van der Waals surface area contributed by atoms with Gasteiger partial charge in [0.2, 0.25) is 0 Å². The van der Waals surface area contributed by atoms with E-state index in [2.05, 4.69) is 31.3 Å². The fourth-order valence-electron chi connectivity index (χ4n) is 3.44. The van der Waals surface area contributed by atoms with Crippen molar-refractivity contribution in [3.63, 3.8) is 0 Å². The van der Waals surface area contributed by atoms with Gasteiger partial charge in [0, 0.05) is 28.7 Å². The number of pyridine rings is 2. The van der Waals surface area contributed by atoms with Gasteiger partial charge in [-0.2, -0.15) is 5.10 Å². The second-order valence-corrected chi connectivity index (χ2v) is 7.13. The molecule has 2 N–H and O–H groups in total. The van der Waals surface area contributed by atoms with Crippen LogP contribution in [0.25, 0.3) is 28.3 Å². The van der Waals surface area contributed by atoms with Crippen molar-refractivity contribution in [3.8, 4) is 35.0 Å². The second-order valence-electron chi connectivity index (χ2n) is 7.13. The van der Waals surface area contributed by atoms with Crippen molar-refractivity contribution in [2.45, 2.75) is 13.5 Å². The summed E-state index contributed by atoms with van der Waals surface area (Å²) >= 11 is 0. The minimum absolute atomic E-state index is 0.512. The molecule has 0 fully saturated rings. The van der Waals surface area contributed by atoms with E-state index in [1.165, 1.54) is 6.33 Å². The summed E-state index contributed by atoms with van der Waals surface area (Å²) in [4.78, 5) is 17.2. The monoisotopic (exact) mass is 405 g/mol. The molecule has 0 amide bonds. The highest BCUT2D eigenvalue weighted by molar-refractivity contribution is 5.77. The number of aromatic nitrogens is 6. The van der Waals surface area contributed by atoms with Crippen molar-refractivity contribution < 1.29 is 0 Å². The van der Waals surface area contributed by atoms with Crippen LogP contribution >= 0.6 is 0 Å². The van der Waals surface area contributed by atoms with Crippen LogP contribution in [-0.2, 0) is 6.54 Å². The summed E-state index contributed by atoms with van der Waals surface area (Å²) in [5.74, 6) is 3.44. The van der Waals surface area contributed by atoms with Crippen LogP contribution in [0.1, 0.15) is 17.1 Å². The van der Waals surface area contributed by atoms with E-state index in [1.54, 1.807) is 4.52 Å². The fraction of sp³-hybridized carbons (Fsp3) is 0.0833. The number of rotatable bonds is 5. The largest absolute Gasteiger partial charge is 0.378 e. The predicted molar refractivity (Wildman–Crippen MR) is 120 cm³/mol. The maximum Gasteiger partial charge on any atom is 0.155 e. The first kappa shape index (κ1) is 18.6. The van der Waals surface area contributed by atoms with Crippen LogP contribution in [0.3, 0.4) is 0 Å². The first-order valence-electron chi connectivity index (χ1n) is 9.83. The van der Waals surface area contributed by atoms with Crippen LogP contribution < -0.4 is 5.32 Å². The first-order valence-corrected chi connectivity index (χ1v) is 9.83. The summed E-state index contributed by atoms with van der Waals surface area (Å²) in [5.41, 5.74) is 6.92. The van der Waals surface area contributed by atoms with Gasteiger partial charge in [0.05, 0.1) is 23.6 Å². The van der Waals surface area contributed by atoms with Crippen LogP contribution in [0.5, 0.6) is 0 Å². The minimum Gasteiger partial charge on any atom is -0.378 e. The second kappa shape index (κ2) is 7.76. The van der Waals surface area contributed by atoms with Gasteiger partial charge in [-0.05, 0) is 49.4 Å². The molecule has 31 heavy (non-hydrogen) atoms. The predicted octanol–water partition coefficient (Wildman–Crippen LogP) is 4.08. The molecule has 4 aromatic heterocycles. The molecule has 0 atom stereocenters. The number of benzene rings is 1. The Labute approximate surface area is 179 Å². The summed E-state index contributed by atoms with van der Waals surface area (Å²) in [7, 11) is 0. The third kappa shape index (κ3) is 3.74. The molecular weight excluding hydrogens is 386 g/mol. The fourth-order valence-corrected chi connectivity index (χ4v) is 3.44. The summed E-state index contributed by atoms with van der Waals surface area (Å²) in [6, 6.07) is 17.6. The van der Waals surface area contributed by atoms with Gasteiger partial charge in [-0.3, -0.25) is 4.98 Å². The van der Waals surface area contributed by atoms with Gasteiger partial charge in [0.15, 0.2) is 5.65 Å². The zero-order valence-electron chi connectivity index (χ0n) is 16.9. The molecule has 0 bridgehead atoms. The van der Waals surface area contributed by atoms with Crippen molar-refractivity contribution >= 4 is 11.3 Å². The number of nitrogens with one attached hydrogen (secondary N) is 2. The first-order chi connectivity index (χ1) is 15.2. The standard InChI is InChI=1S/C24H19N7/c1-3-17-7-5-8-19(12-17)25-13-21-29-23(18-10-11-22-26-15-27-31(22)14-18)24(30-21)20-9-4-6-16(2)28-20/h1,4-12,14-15,25H,13H2,2H3,(H,29,30). The molecule has 0 aliphatic carbocycles. The number of terminal acetylenes is 1.